The number of rotatable bonds is 6. The van der Waals surface area contributed by atoms with Crippen LogP contribution in [0.5, 0.6) is 0 Å². The molecule has 7 heteroatoms. The molecule has 0 unspecified atom stereocenters. The van der Waals surface area contributed by atoms with Gasteiger partial charge in [-0.15, -0.1) is 0 Å². The summed E-state index contributed by atoms with van der Waals surface area (Å²) in [6, 6.07) is 8.57. The van der Waals surface area contributed by atoms with E-state index >= 15 is 0 Å². The predicted molar refractivity (Wildman–Crippen MR) is 95.6 cm³/mol. The first-order valence-corrected chi connectivity index (χ1v) is 8.33. The van der Waals surface area contributed by atoms with Crippen LogP contribution in [0, 0.1) is 13.8 Å². The second kappa shape index (κ2) is 7.35. The number of ketones is 1. The standard InChI is InChI=1S/C19H20N4O3/c1-4-22-13(2)9-17(14(22)3)18(24)10-26-19(25)15-5-7-16(8-6-15)23-12-20-11-21-23/h5-9,11-12H,4,10H2,1-3H3. The van der Waals surface area contributed by atoms with Gasteiger partial charge < -0.3 is 9.30 Å². The molecule has 0 aliphatic heterocycles. The molecule has 0 saturated carbocycles. The van der Waals surface area contributed by atoms with Crippen LogP contribution >= 0.6 is 0 Å². The van der Waals surface area contributed by atoms with Gasteiger partial charge in [0.15, 0.2) is 6.61 Å². The van der Waals surface area contributed by atoms with Crippen LogP contribution in [0.3, 0.4) is 0 Å². The van der Waals surface area contributed by atoms with Crippen LogP contribution in [0.2, 0.25) is 0 Å². The molecule has 0 N–H and O–H groups in total. The highest BCUT2D eigenvalue weighted by Crippen LogP contribution is 2.16. The van der Waals surface area contributed by atoms with Crippen LogP contribution in [0.15, 0.2) is 43.0 Å². The quantitative estimate of drug-likeness (QED) is 0.503. The summed E-state index contributed by atoms with van der Waals surface area (Å²) < 4.78 is 8.82. The van der Waals surface area contributed by atoms with Crippen molar-refractivity contribution in [3.05, 3.63) is 65.5 Å². The molecule has 0 bridgehead atoms. The molecule has 134 valence electrons. The SMILES string of the molecule is CCn1c(C)cc(C(=O)COC(=O)c2ccc(-n3cncn3)cc2)c1C. The number of carbonyl (C=O) groups excluding carboxylic acids is 2. The van der Waals surface area contributed by atoms with E-state index in [0.29, 0.717) is 11.1 Å². The Kier molecular flexibility index (Phi) is 4.97. The Balaban J connectivity index is 1.64. The van der Waals surface area contributed by atoms with Crippen molar-refractivity contribution in [2.45, 2.75) is 27.3 Å². The number of hydrogen-bond donors (Lipinski definition) is 0. The van der Waals surface area contributed by atoms with Gasteiger partial charge in [-0.05, 0) is 51.1 Å². The van der Waals surface area contributed by atoms with Crippen LogP contribution in [0.25, 0.3) is 5.69 Å². The molecular formula is C19H20N4O3. The first kappa shape index (κ1) is 17.6. The van der Waals surface area contributed by atoms with Gasteiger partial charge in [-0.3, -0.25) is 4.79 Å². The lowest BCUT2D eigenvalue weighted by atomic mass is 10.1. The van der Waals surface area contributed by atoms with Crippen molar-refractivity contribution in [1.82, 2.24) is 19.3 Å². The van der Waals surface area contributed by atoms with Gasteiger partial charge in [-0.25, -0.2) is 14.5 Å². The smallest absolute Gasteiger partial charge is 0.338 e. The Bertz CT molecular complexity index is 925. The Morgan fingerprint density at radius 1 is 1.15 bits per heavy atom. The molecule has 0 aliphatic carbocycles. The molecule has 0 amide bonds. The maximum atomic E-state index is 12.4. The maximum absolute atomic E-state index is 12.4. The van der Waals surface area contributed by atoms with Crippen molar-refractivity contribution in [3.63, 3.8) is 0 Å². The minimum Gasteiger partial charge on any atom is -0.454 e. The van der Waals surface area contributed by atoms with Crippen LogP contribution in [-0.4, -0.2) is 37.7 Å². The molecular weight excluding hydrogens is 332 g/mol. The van der Waals surface area contributed by atoms with E-state index in [0.717, 1.165) is 23.6 Å². The van der Waals surface area contributed by atoms with Gasteiger partial charge in [-0.2, -0.15) is 5.10 Å². The summed E-state index contributed by atoms with van der Waals surface area (Å²) in [4.78, 5) is 28.4. The monoisotopic (exact) mass is 352 g/mol. The molecule has 0 atom stereocenters. The van der Waals surface area contributed by atoms with E-state index < -0.39 is 5.97 Å². The predicted octanol–water partition coefficient (Wildman–Crippen LogP) is 2.75. The molecule has 3 aromatic rings. The van der Waals surface area contributed by atoms with E-state index in [9.17, 15) is 9.59 Å². The van der Waals surface area contributed by atoms with Crippen LogP contribution < -0.4 is 0 Å². The van der Waals surface area contributed by atoms with Crippen molar-refractivity contribution in [2.24, 2.45) is 0 Å². The average molecular weight is 352 g/mol. The first-order chi connectivity index (χ1) is 12.5. The Hall–Kier alpha value is -3.22. The van der Waals surface area contributed by atoms with Crippen LogP contribution in [0.4, 0.5) is 0 Å². The van der Waals surface area contributed by atoms with Gasteiger partial charge in [0, 0.05) is 23.5 Å². The molecule has 26 heavy (non-hydrogen) atoms. The Morgan fingerprint density at radius 2 is 1.88 bits per heavy atom. The van der Waals surface area contributed by atoms with Gasteiger partial charge in [0.2, 0.25) is 5.78 Å². The van der Waals surface area contributed by atoms with Crippen LogP contribution in [0.1, 0.15) is 39.0 Å². The molecule has 0 aliphatic rings. The zero-order chi connectivity index (χ0) is 18.7. The lowest BCUT2D eigenvalue weighted by Gasteiger charge is -2.07. The highest BCUT2D eigenvalue weighted by Gasteiger charge is 2.17. The average Bonchev–Trinajstić information content (AvgIpc) is 3.28. The largest absolute Gasteiger partial charge is 0.454 e. The molecule has 0 spiro atoms. The fourth-order valence-electron chi connectivity index (χ4n) is 2.95. The second-order valence-electron chi connectivity index (χ2n) is 5.92. The number of benzene rings is 1. The number of aromatic nitrogens is 4. The Morgan fingerprint density at radius 3 is 2.46 bits per heavy atom. The lowest BCUT2D eigenvalue weighted by molar-refractivity contribution is 0.0474. The molecule has 0 fully saturated rings. The topological polar surface area (TPSA) is 79.0 Å². The third kappa shape index (κ3) is 3.42. The second-order valence-corrected chi connectivity index (χ2v) is 5.92. The van der Waals surface area contributed by atoms with Gasteiger partial charge in [-0.1, -0.05) is 0 Å². The molecule has 7 nitrogen and oxygen atoms in total. The van der Waals surface area contributed by atoms with Crippen molar-refractivity contribution in [2.75, 3.05) is 6.61 Å². The van der Waals surface area contributed by atoms with Crippen molar-refractivity contribution >= 4 is 11.8 Å². The number of Topliss-reactive ketones (excluding diaryl/α,β-unsaturated/α-hetero) is 1. The number of nitrogens with zero attached hydrogens (tertiary/aromatic N) is 4. The van der Waals surface area contributed by atoms with E-state index in [1.165, 1.54) is 6.33 Å². The third-order valence-electron chi connectivity index (χ3n) is 4.31. The number of aryl methyl sites for hydroxylation is 1. The zero-order valence-corrected chi connectivity index (χ0v) is 15.0. The van der Waals surface area contributed by atoms with Crippen molar-refractivity contribution in [3.8, 4) is 5.69 Å². The summed E-state index contributed by atoms with van der Waals surface area (Å²) in [5, 5.41) is 4.02. The summed E-state index contributed by atoms with van der Waals surface area (Å²) in [5.74, 6) is -0.738. The van der Waals surface area contributed by atoms with E-state index in [-0.39, 0.29) is 12.4 Å². The van der Waals surface area contributed by atoms with Crippen molar-refractivity contribution in [1.29, 1.82) is 0 Å². The fourth-order valence-corrected chi connectivity index (χ4v) is 2.95. The molecule has 1 aromatic carbocycles. The van der Waals surface area contributed by atoms with E-state index in [2.05, 4.69) is 14.6 Å². The molecule has 0 radical (unpaired) electrons. The summed E-state index contributed by atoms with van der Waals surface area (Å²) in [5.41, 5.74) is 3.66. The van der Waals surface area contributed by atoms with E-state index in [4.69, 9.17) is 4.74 Å². The maximum Gasteiger partial charge on any atom is 0.338 e. The Labute approximate surface area is 151 Å². The van der Waals surface area contributed by atoms with E-state index in [1.807, 2.05) is 26.8 Å². The number of ether oxygens (including phenoxy) is 1. The first-order valence-electron chi connectivity index (χ1n) is 8.33. The molecule has 0 saturated heterocycles. The molecule has 3 rings (SSSR count). The fraction of sp³-hybridized carbons (Fsp3) is 0.263. The summed E-state index contributed by atoms with van der Waals surface area (Å²) in [6.45, 7) is 6.39. The summed E-state index contributed by atoms with van der Waals surface area (Å²) >= 11 is 0. The van der Waals surface area contributed by atoms with Crippen molar-refractivity contribution < 1.29 is 14.3 Å². The minimum absolute atomic E-state index is 0.203. The lowest BCUT2D eigenvalue weighted by Crippen LogP contribution is -2.15. The third-order valence-corrected chi connectivity index (χ3v) is 4.31. The van der Waals surface area contributed by atoms with Gasteiger partial charge in [0.1, 0.15) is 12.7 Å². The zero-order valence-electron chi connectivity index (χ0n) is 15.0. The minimum atomic E-state index is -0.534. The highest BCUT2D eigenvalue weighted by atomic mass is 16.5. The summed E-state index contributed by atoms with van der Waals surface area (Å²) in [7, 11) is 0. The summed E-state index contributed by atoms with van der Waals surface area (Å²) in [6.07, 6.45) is 3.00. The molecule has 2 aromatic heterocycles. The van der Waals surface area contributed by atoms with E-state index in [1.54, 1.807) is 35.3 Å². The van der Waals surface area contributed by atoms with Crippen LogP contribution in [-0.2, 0) is 11.3 Å². The normalized spacial score (nSPS) is 10.7. The number of hydrogen-bond acceptors (Lipinski definition) is 5. The number of carbonyl (C=O) groups is 2. The molecule has 2 heterocycles. The number of esters is 1. The highest BCUT2D eigenvalue weighted by molar-refractivity contribution is 6.00. The van der Waals surface area contributed by atoms with Gasteiger partial charge in [0.05, 0.1) is 11.3 Å². The van der Waals surface area contributed by atoms with Gasteiger partial charge >= 0.3 is 5.97 Å². The van der Waals surface area contributed by atoms with Gasteiger partial charge in [0.25, 0.3) is 0 Å².